The Bertz CT molecular complexity index is 680. The maximum Gasteiger partial charge on any atom is 0.251 e. The van der Waals surface area contributed by atoms with Gasteiger partial charge in [-0.05, 0) is 41.6 Å². The summed E-state index contributed by atoms with van der Waals surface area (Å²) in [5.41, 5.74) is 1.38. The zero-order valence-electron chi connectivity index (χ0n) is 14.8. The number of carbonyl (C=O) groups is 1. The number of aromatic nitrogens is 4. The first-order valence-electron chi connectivity index (χ1n) is 8.64. The first kappa shape index (κ1) is 17.5. The molecule has 2 aromatic rings. The Kier molecular flexibility index (Phi) is 5.72. The second-order valence-electron chi connectivity index (χ2n) is 6.72. The molecule has 0 aliphatic carbocycles. The number of piperazine rings is 1. The van der Waals surface area contributed by atoms with E-state index >= 15 is 0 Å². The minimum Gasteiger partial charge on any atom is -0.352 e. The first-order chi connectivity index (χ1) is 12.1. The van der Waals surface area contributed by atoms with Crippen LogP contribution in [0.1, 0.15) is 17.3 Å². The van der Waals surface area contributed by atoms with Gasteiger partial charge in [0.05, 0.1) is 5.69 Å². The van der Waals surface area contributed by atoms with Crippen LogP contribution in [0.5, 0.6) is 0 Å². The largest absolute Gasteiger partial charge is 0.352 e. The predicted octanol–water partition coefficient (Wildman–Crippen LogP) is 0.276. The van der Waals surface area contributed by atoms with Crippen LogP contribution >= 0.6 is 0 Å². The zero-order chi connectivity index (χ0) is 17.6. The number of carbonyl (C=O) groups excluding carboxylic acids is 1. The summed E-state index contributed by atoms with van der Waals surface area (Å²) in [4.78, 5) is 17.2. The molecule has 1 aliphatic rings. The Balaban J connectivity index is 1.50. The van der Waals surface area contributed by atoms with Crippen molar-refractivity contribution in [1.29, 1.82) is 0 Å². The Hall–Kier alpha value is -2.32. The molecule has 25 heavy (non-hydrogen) atoms. The molecule has 1 saturated heterocycles. The molecule has 1 aromatic carbocycles. The lowest BCUT2D eigenvalue weighted by atomic mass is 10.1. The van der Waals surface area contributed by atoms with Crippen LogP contribution in [0.15, 0.2) is 30.6 Å². The molecule has 0 saturated carbocycles. The van der Waals surface area contributed by atoms with E-state index in [0.29, 0.717) is 18.0 Å². The van der Waals surface area contributed by atoms with Crippen molar-refractivity contribution in [3.8, 4) is 5.69 Å². The normalized spacial score (nSPS) is 17.4. The average molecular weight is 343 g/mol. The highest BCUT2D eigenvalue weighted by Crippen LogP contribution is 2.09. The molecule has 0 bridgehead atoms. The Morgan fingerprint density at radius 3 is 2.80 bits per heavy atom. The van der Waals surface area contributed by atoms with Crippen molar-refractivity contribution in [3.63, 3.8) is 0 Å². The standard InChI is InChI=1S/C17H25N7O/c1-14(12-23-8-6-22(2)7-9-23)11-18-17(25)15-4-3-5-16(10-15)24-13-19-20-21-24/h3-5,10,13-14H,6-9,11-12H2,1-2H3,(H,18,25). The molecule has 3 rings (SSSR count). The van der Waals surface area contributed by atoms with Gasteiger partial charge < -0.3 is 15.1 Å². The van der Waals surface area contributed by atoms with Gasteiger partial charge in [0.25, 0.3) is 5.91 Å². The minimum absolute atomic E-state index is 0.0693. The van der Waals surface area contributed by atoms with Gasteiger partial charge >= 0.3 is 0 Å². The first-order valence-corrected chi connectivity index (χ1v) is 8.64. The summed E-state index contributed by atoms with van der Waals surface area (Å²) >= 11 is 0. The maximum atomic E-state index is 12.4. The van der Waals surface area contributed by atoms with Crippen LogP contribution in [0.2, 0.25) is 0 Å². The lowest BCUT2D eigenvalue weighted by Crippen LogP contribution is -2.46. The van der Waals surface area contributed by atoms with Gasteiger partial charge in [-0.15, -0.1) is 5.10 Å². The maximum absolute atomic E-state index is 12.4. The molecule has 2 heterocycles. The van der Waals surface area contributed by atoms with Gasteiger partial charge in [0.1, 0.15) is 6.33 Å². The molecule has 0 radical (unpaired) electrons. The average Bonchev–Trinajstić information content (AvgIpc) is 3.16. The monoisotopic (exact) mass is 343 g/mol. The lowest BCUT2D eigenvalue weighted by molar-refractivity contribution is 0.0937. The molecule has 134 valence electrons. The molecule has 8 nitrogen and oxygen atoms in total. The summed E-state index contributed by atoms with van der Waals surface area (Å²) in [5, 5.41) is 14.1. The second kappa shape index (κ2) is 8.17. The lowest BCUT2D eigenvalue weighted by Gasteiger charge is -2.33. The van der Waals surface area contributed by atoms with Crippen molar-refractivity contribution >= 4 is 5.91 Å². The van der Waals surface area contributed by atoms with Crippen LogP contribution in [0.3, 0.4) is 0 Å². The molecular weight excluding hydrogens is 318 g/mol. The van der Waals surface area contributed by atoms with Crippen molar-refractivity contribution in [3.05, 3.63) is 36.2 Å². The van der Waals surface area contributed by atoms with Crippen molar-refractivity contribution in [1.82, 2.24) is 35.3 Å². The van der Waals surface area contributed by atoms with Crippen LogP contribution in [-0.2, 0) is 0 Å². The number of hydrogen-bond donors (Lipinski definition) is 1. The second-order valence-corrected chi connectivity index (χ2v) is 6.72. The topological polar surface area (TPSA) is 79.2 Å². The molecule has 8 heteroatoms. The van der Waals surface area contributed by atoms with Crippen molar-refractivity contribution < 1.29 is 4.79 Å². The summed E-state index contributed by atoms with van der Waals surface area (Å²) < 4.78 is 1.53. The highest BCUT2D eigenvalue weighted by molar-refractivity contribution is 5.94. The van der Waals surface area contributed by atoms with E-state index in [-0.39, 0.29) is 5.91 Å². The number of nitrogens with zero attached hydrogens (tertiary/aromatic N) is 6. The van der Waals surface area contributed by atoms with Crippen LogP contribution in [0.25, 0.3) is 5.69 Å². The number of amides is 1. The number of tetrazole rings is 1. The summed E-state index contributed by atoms with van der Waals surface area (Å²) in [5.74, 6) is 0.343. The minimum atomic E-state index is -0.0693. The SMILES string of the molecule is CC(CNC(=O)c1cccc(-n2cnnn2)c1)CN1CCN(C)CC1. The van der Waals surface area contributed by atoms with E-state index in [9.17, 15) is 4.79 Å². The van der Waals surface area contributed by atoms with Crippen molar-refractivity contribution in [2.24, 2.45) is 5.92 Å². The Morgan fingerprint density at radius 2 is 2.08 bits per heavy atom. The van der Waals surface area contributed by atoms with Gasteiger partial charge in [-0.2, -0.15) is 0 Å². The number of likely N-dealkylation sites (N-methyl/N-ethyl adjacent to an activating group) is 1. The fourth-order valence-electron chi connectivity index (χ4n) is 2.97. The van der Waals surface area contributed by atoms with E-state index in [4.69, 9.17) is 0 Å². The summed E-state index contributed by atoms with van der Waals surface area (Å²) in [6.45, 7) is 8.28. The van der Waals surface area contributed by atoms with Gasteiger partial charge in [-0.1, -0.05) is 13.0 Å². The van der Waals surface area contributed by atoms with Gasteiger partial charge in [0.15, 0.2) is 0 Å². The fraction of sp³-hybridized carbons (Fsp3) is 0.529. The smallest absolute Gasteiger partial charge is 0.251 e. The van der Waals surface area contributed by atoms with Crippen LogP contribution < -0.4 is 5.32 Å². The molecule has 1 fully saturated rings. The highest BCUT2D eigenvalue weighted by atomic mass is 16.1. The summed E-state index contributed by atoms with van der Waals surface area (Å²) in [6, 6.07) is 7.29. The Labute approximate surface area is 147 Å². The summed E-state index contributed by atoms with van der Waals surface area (Å²) in [6.07, 6.45) is 1.51. The van der Waals surface area contributed by atoms with Gasteiger partial charge in [-0.3, -0.25) is 4.79 Å². The van der Waals surface area contributed by atoms with E-state index in [1.165, 1.54) is 11.0 Å². The molecule has 0 spiro atoms. The number of nitrogens with one attached hydrogen (secondary N) is 1. The van der Waals surface area contributed by atoms with Gasteiger partial charge in [-0.25, -0.2) is 4.68 Å². The number of benzene rings is 1. The van der Waals surface area contributed by atoms with Crippen molar-refractivity contribution in [2.45, 2.75) is 6.92 Å². The van der Waals surface area contributed by atoms with Crippen LogP contribution in [0.4, 0.5) is 0 Å². The van der Waals surface area contributed by atoms with E-state index in [2.05, 4.69) is 44.6 Å². The summed E-state index contributed by atoms with van der Waals surface area (Å²) in [7, 11) is 2.16. The van der Waals surface area contributed by atoms with Gasteiger partial charge in [0, 0.05) is 44.8 Å². The third kappa shape index (κ3) is 4.83. The van der Waals surface area contributed by atoms with Crippen molar-refractivity contribution in [2.75, 3.05) is 46.3 Å². The van der Waals surface area contributed by atoms with Gasteiger partial charge in [0.2, 0.25) is 0 Å². The highest BCUT2D eigenvalue weighted by Gasteiger charge is 2.16. The molecule has 1 amide bonds. The molecule has 1 aliphatic heterocycles. The molecule has 1 atom stereocenters. The third-order valence-corrected chi connectivity index (χ3v) is 4.50. The molecule has 1 unspecified atom stereocenters. The molecule has 1 aromatic heterocycles. The molecule has 1 N–H and O–H groups in total. The molecular formula is C17H25N7O. The van der Waals surface area contributed by atoms with E-state index in [0.717, 1.165) is 38.4 Å². The zero-order valence-corrected chi connectivity index (χ0v) is 14.8. The number of hydrogen-bond acceptors (Lipinski definition) is 6. The van der Waals surface area contributed by atoms with E-state index in [1.54, 1.807) is 12.1 Å². The van der Waals surface area contributed by atoms with E-state index in [1.807, 2.05) is 12.1 Å². The fourth-order valence-corrected chi connectivity index (χ4v) is 2.97. The predicted molar refractivity (Wildman–Crippen MR) is 94.6 cm³/mol. The quantitative estimate of drug-likeness (QED) is 0.811. The number of rotatable bonds is 6. The van der Waals surface area contributed by atoms with Crippen LogP contribution in [-0.4, -0.2) is 82.2 Å². The Morgan fingerprint density at radius 1 is 1.28 bits per heavy atom. The van der Waals surface area contributed by atoms with Crippen LogP contribution in [0, 0.1) is 5.92 Å². The van der Waals surface area contributed by atoms with E-state index < -0.39 is 0 Å². The third-order valence-electron chi connectivity index (χ3n) is 4.50.